The molecule has 0 radical (unpaired) electrons. The second-order valence-corrected chi connectivity index (χ2v) is 10.00. The minimum atomic E-state index is -1.37. The van der Waals surface area contributed by atoms with E-state index in [1.807, 2.05) is 19.1 Å². The lowest BCUT2D eigenvalue weighted by Gasteiger charge is -2.19. The molecule has 0 amide bonds. The molecule has 2 N–H and O–H groups in total. The average molecular weight is 527 g/mol. The number of rotatable bonds is 11. The molecular weight excluding hydrogens is 495 g/mol. The first-order valence-corrected chi connectivity index (χ1v) is 12.0. The van der Waals surface area contributed by atoms with E-state index >= 15 is 0 Å². The van der Waals surface area contributed by atoms with E-state index in [4.69, 9.17) is 4.74 Å². The number of nitrogens with one attached hydrogen (secondary N) is 1. The molecule has 0 unspecified atom stereocenters. The van der Waals surface area contributed by atoms with Crippen molar-refractivity contribution in [1.82, 2.24) is 14.1 Å². The summed E-state index contributed by atoms with van der Waals surface area (Å²) in [6, 6.07) is 11.4. The van der Waals surface area contributed by atoms with E-state index in [1.165, 1.54) is 26.0 Å². The summed E-state index contributed by atoms with van der Waals surface area (Å²) in [4.78, 5) is 54.2. The van der Waals surface area contributed by atoms with Crippen LogP contribution < -0.4 is 21.4 Å². The number of Topliss-reactive ketones (excluding diaryl/α,β-unsaturated/α-hetero) is 1. The summed E-state index contributed by atoms with van der Waals surface area (Å²) in [5, 5.41) is 12.1. The van der Waals surface area contributed by atoms with Crippen LogP contribution in [0.4, 0.5) is 16.0 Å². The quantitative estimate of drug-likeness (QED) is 0.388. The Balaban J connectivity index is 2.02. The van der Waals surface area contributed by atoms with Crippen molar-refractivity contribution >= 4 is 23.4 Å². The molecule has 1 heterocycles. The first-order chi connectivity index (χ1) is 17.8. The van der Waals surface area contributed by atoms with E-state index in [-0.39, 0.29) is 36.5 Å². The predicted octanol–water partition coefficient (Wildman–Crippen LogP) is 3.50. The van der Waals surface area contributed by atoms with E-state index in [0.29, 0.717) is 4.57 Å². The number of nitrogens with zero attached hydrogens (tertiary/aromatic N) is 3. The number of anilines is 2. The van der Waals surface area contributed by atoms with Crippen LogP contribution in [0.25, 0.3) is 0 Å². The highest BCUT2D eigenvalue weighted by atomic mass is 19.1. The predicted molar refractivity (Wildman–Crippen MR) is 140 cm³/mol. The topological polar surface area (TPSA) is 133 Å². The highest BCUT2D eigenvalue weighted by molar-refractivity contribution is 5.85. The number of halogens is 1. The Bertz CT molecular complexity index is 1460. The van der Waals surface area contributed by atoms with Gasteiger partial charge in [-0.05, 0) is 52.3 Å². The summed E-state index contributed by atoms with van der Waals surface area (Å²) < 4.78 is 21.8. The van der Waals surface area contributed by atoms with E-state index in [2.05, 4.69) is 10.3 Å². The number of ether oxygens (including phenoxy) is 1. The van der Waals surface area contributed by atoms with Gasteiger partial charge in [-0.15, -0.1) is 0 Å². The molecule has 0 aliphatic carbocycles. The van der Waals surface area contributed by atoms with Crippen LogP contribution >= 0.6 is 0 Å². The number of ketones is 1. The van der Waals surface area contributed by atoms with Gasteiger partial charge in [-0.1, -0.05) is 29.8 Å². The van der Waals surface area contributed by atoms with Crippen molar-refractivity contribution in [3.05, 3.63) is 80.4 Å². The van der Waals surface area contributed by atoms with Crippen molar-refractivity contribution in [3.8, 4) is 5.75 Å². The standard InChI is InChI=1S/C27H31FN4O6/c1-16(2)38-22-11-10-19(12-21(22)28)29-24-30-25(36)32(15-20(33)13-27(4,5)23(34)35)26(37)31(24)14-18-8-6-17(3)7-9-18/h6-12,16H,13-15H2,1-5H3,(H,34,35)(H,29,30,36). The third-order valence-electron chi connectivity index (χ3n) is 5.71. The molecule has 1 aromatic heterocycles. The fraction of sp³-hybridized carbons (Fsp3) is 0.370. The molecule has 0 spiro atoms. The van der Waals surface area contributed by atoms with Gasteiger partial charge in [0.1, 0.15) is 0 Å². The van der Waals surface area contributed by atoms with E-state index in [9.17, 15) is 28.7 Å². The summed E-state index contributed by atoms with van der Waals surface area (Å²) in [5.41, 5.74) is -1.24. The van der Waals surface area contributed by atoms with Gasteiger partial charge < -0.3 is 15.2 Å². The van der Waals surface area contributed by atoms with Crippen LogP contribution in [-0.2, 0) is 22.7 Å². The Kier molecular flexibility index (Phi) is 8.49. The van der Waals surface area contributed by atoms with Crippen LogP contribution in [0, 0.1) is 18.2 Å². The summed E-state index contributed by atoms with van der Waals surface area (Å²) in [5.74, 6) is -2.52. The number of hydrogen-bond acceptors (Lipinski definition) is 7. The zero-order valence-corrected chi connectivity index (χ0v) is 21.9. The van der Waals surface area contributed by atoms with Gasteiger partial charge in [0.15, 0.2) is 17.3 Å². The van der Waals surface area contributed by atoms with Crippen molar-refractivity contribution < 1.29 is 23.8 Å². The number of carboxylic acids is 1. The van der Waals surface area contributed by atoms with Gasteiger partial charge >= 0.3 is 17.3 Å². The molecular formula is C27H31FN4O6. The van der Waals surface area contributed by atoms with Gasteiger partial charge in [0.2, 0.25) is 5.95 Å². The zero-order valence-electron chi connectivity index (χ0n) is 21.9. The maximum Gasteiger partial charge on any atom is 0.355 e. The Hall–Kier alpha value is -4.28. The molecule has 0 fully saturated rings. The first-order valence-electron chi connectivity index (χ1n) is 12.0. The fourth-order valence-corrected chi connectivity index (χ4v) is 3.64. The van der Waals surface area contributed by atoms with Crippen LogP contribution in [-0.4, -0.2) is 37.1 Å². The van der Waals surface area contributed by atoms with Crippen molar-refractivity contribution in [3.63, 3.8) is 0 Å². The molecule has 0 aliphatic rings. The minimum Gasteiger partial charge on any atom is -0.488 e. The van der Waals surface area contributed by atoms with Gasteiger partial charge in [-0.3, -0.25) is 14.2 Å². The van der Waals surface area contributed by atoms with Crippen LogP contribution in [0.2, 0.25) is 0 Å². The summed E-state index contributed by atoms with van der Waals surface area (Å²) in [6.45, 7) is 7.58. The van der Waals surface area contributed by atoms with Crippen molar-refractivity contribution in [2.45, 2.75) is 60.2 Å². The van der Waals surface area contributed by atoms with Gasteiger partial charge in [-0.25, -0.2) is 18.5 Å². The van der Waals surface area contributed by atoms with E-state index in [1.54, 1.807) is 26.0 Å². The second kappa shape index (κ2) is 11.4. The lowest BCUT2D eigenvalue weighted by molar-refractivity contribution is -0.149. The maximum absolute atomic E-state index is 14.6. The van der Waals surface area contributed by atoms with Gasteiger partial charge in [0.25, 0.3) is 0 Å². The maximum atomic E-state index is 14.6. The largest absolute Gasteiger partial charge is 0.488 e. The number of carbonyl (C=O) groups is 2. The number of hydrogen-bond donors (Lipinski definition) is 2. The lowest BCUT2D eigenvalue weighted by atomic mass is 9.87. The molecule has 0 atom stereocenters. The van der Waals surface area contributed by atoms with Crippen molar-refractivity contribution in [2.24, 2.45) is 5.41 Å². The monoisotopic (exact) mass is 526 g/mol. The van der Waals surface area contributed by atoms with E-state index in [0.717, 1.165) is 21.8 Å². The molecule has 11 heteroatoms. The molecule has 10 nitrogen and oxygen atoms in total. The van der Waals surface area contributed by atoms with Crippen LogP contribution in [0.5, 0.6) is 5.75 Å². The molecule has 0 aliphatic heterocycles. The summed E-state index contributed by atoms with van der Waals surface area (Å²) >= 11 is 0. The number of aromatic nitrogens is 3. The molecule has 38 heavy (non-hydrogen) atoms. The third kappa shape index (κ3) is 6.93. The Labute approximate surface area is 218 Å². The first kappa shape index (κ1) is 28.3. The van der Waals surface area contributed by atoms with Gasteiger partial charge in [-0.2, -0.15) is 4.98 Å². The zero-order chi connectivity index (χ0) is 28.2. The van der Waals surface area contributed by atoms with Gasteiger partial charge in [0, 0.05) is 18.2 Å². The highest BCUT2D eigenvalue weighted by Gasteiger charge is 2.30. The van der Waals surface area contributed by atoms with E-state index < -0.39 is 40.9 Å². The summed E-state index contributed by atoms with van der Waals surface area (Å²) in [6.07, 6.45) is -0.614. The Morgan fingerprint density at radius 3 is 2.34 bits per heavy atom. The molecule has 0 bridgehead atoms. The summed E-state index contributed by atoms with van der Waals surface area (Å²) in [7, 11) is 0. The molecule has 202 valence electrons. The highest BCUT2D eigenvalue weighted by Crippen LogP contribution is 2.24. The molecule has 0 saturated carbocycles. The minimum absolute atomic E-state index is 0.000558. The van der Waals surface area contributed by atoms with Crippen LogP contribution in [0.15, 0.2) is 52.1 Å². The normalized spacial score (nSPS) is 11.4. The molecule has 3 aromatic rings. The van der Waals surface area contributed by atoms with Crippen LogP contribution in [0.3, 0.4) is 0 Å². The molecule has 3 rings (SSSR count). The fourth-order valence-electron chi connectivity index (χ4n) is 3.64. The third-order valence-corrected chi connectivity index (χ3v) is 5.71. The smallest absolute Gasteiger partial charge is 0.355 e. The number of carboxylic acid groups (broad SMARTS) is 1. The number of aliphatic carboxylic acids is 1. The van der Waals surface area contributed by atoms with Crippen molar-refractivity contribution in [1.29, 1.82) is 0 Å². The van der Waals surface area contributed by atoms with Crippen molar-refractivity contribution in [2.75, 3.05) is 5.32 Å². The number of carbonyl (C=O) groups excluding carboxylic acids is 1. The molecule has 0 saturated heterocycles. The Morgan fingerprint density at radius 1 is 1.11 bits per heavy atom. The average Bonchev–Trinajstić information content (AvgIpc) is 2.81. The van der Waals surface area contributed by atoms with Gasteiger partial charge in [0.05, 0.1) is 24.6 Å². The second-order valence-electron chi connectivity index (χ2n) is 10.00. The Morgan fingerprint density at radius 2 is 1.76 bits per heavy atom. The molecule has 2 aromatic carbocycles. The SMILES string of the molecule is Cc1ccc(Cn2c(Nc3ccc(OC(C)C)c(F)c3)nc(=O)n(CC(=O)CC(C)(C)C(=O)O)c2=O)cc1. The number of benzene rings is 2. The van der Waals surface area contributed by atoms with Crippen LogP contribution in [0.1, 0.15) is 45.2 Å². The number of aryl methyl sites for hydroxylation is 1. The lowest BCUT2D eigenvalue weighted by Crippen LogP contribution is -2.44.